The SMILES string of the molecule is CC(=O)n1cc(CN(CCCn2ccnc2)Cc2ccc(C)s2)c2ccccc21.O=C(O)CC(O)(CC(=O)O)C(=O)O. The fourth-order valence-corrected chi connectivity index (χ4v) is 5.42. The second-order valence-electron chi connectivity index (χ2n) is 9.92. The van der Waals surface area contributed by atoms with E-state index in [1.807, 2.05) is 54.5 Å². The fraction of sp³-hybridized carbons (Fsp3) is 0.345. The van der Waals surface area contributed by atoms with Gasteiger partial charge in [0.25, 0.3) is 0 Å². The third-order valence-electron chi connectivity index (χ3n) is 6.44. The molecule has 0 saturated heterocycles. The smallest absolute Gasteiger partial charge is 0.336 e. The van der Waals surface area contributed by atoms with E-state index < -0.39 is 36.4 Å². The molecule has 3 aromatic heterocycles. The average molecular weight is 599 g/mol. The van der Waals surface area contributed by atoms with E-state index in [1.54, 1.807) is 11.5 Å². The predicted molar refractivity (Wildman–Crippen MR) is 155 cm³/mol. The number of hydrogen-bond acceptors (Lipinski definition) is 8. The normalized spacial score (nSPS) is 11.3. The molecule has 0 aliphatic rings. The largest absolute Gasteiger partial charge is 0.481 e. The van der Waals surface area contributed by atoms with Crippen LogP contribution in [0.3, 0.4) is 0 Å². The maximum atomic E-state index is 12.1. The first-order valence-electron chi connectivity index (χ1n) is 13.1. The van der Waals surface area contributed by atoms with Crippen molar-refractivity contribution in [1.29, 1.82) is 0 Å². The Morgan fingerprint density at radius 2 is 1.69 bits per heavy atom. The number of nitrogens with zero attached hydrogens (tertiary/aromatic N) is 4. The molecular weight excluding hydrogens is 564 g/mol. The van der Waals surface area contributed by atoms with Crippen molar-refractivity contribution in [3.05, 3.63) is 76.6 Å². The summed E-state index contributed by atoms with van der Waals surface area (Å²) in [5, 5.41) is 35.0. The third-order valence-corrected chi connectivity index (χ3v) is 7.42. The number of benzene rings is 1. The van der Waals surface area contributed by atoms with E-state index in [2.05, 4.69) is 39.6 Å². The molecule has 0 aliphatic carbocycles. The summed E-state index contributed by atoms with van der Waals surface area (Å²) in [4.78, 5) is 51.9. The summed E-state index contributed by atoms with van der Waals surface area (Å²) in [5.41, 5.74) is -0.551. The fourth-order valence-electron chi connectivity index (χ4n) is 4.49. The van der Waals surface area contributed by atoms with Crippen LogP contribution in [-0.2, 0) is 34.0 Å². The molecule has 13 heteroatoms. The summed E-state index contributed by atoms with van der Waals surface area (Å²) >= 11 is 1.86. The van der Waals surface area contributed by atoms with Crippen LogP contribution < -0.4 is 0 Å². The van der Waals surface area contributed by atoms with Crippen molar-refractivity contribution in [3.63, 3.8) is 0 Å². The number of rotatable bonds is 13. The number of aromatic nitrogens is 3. The zero-order valence-corrected chi connectivity index (χ0v) is 24.2. The van der Waals surface area contributed by atoms with E-state index in [4.69, 9.17) is 20.4 Å². The van der Waals surface area contributed by atoms with Crippen LogP contribution in [-0.4, -0.2) is 75.4 Å². The number of fused-ring (bicyclic) bond motifs is 1. The van der Waals surface area contributed by atoms with Crippen LogP contribution in [0.1, 0.15) is 46.3 Å². The van der Waals surface area contributed by atoms with Crippen LogP contribution in [0.25, 0.3) is 10.9 Å². The number of para-hydroxylation sites is 1. The van der Waals surface area contributed by atoms with Gasteiger partial charge in [0, 0.05) is 66.8 Å². The van der Waals surface area contributed by atoms with Crippen LogP contribution in [0.4, 0.5) is 0 Å². The Balaban J connectivity index is 0.000000316. The highest BCUT2D eigenvalue weighted by Gasteiger charge is 2.40. The molecule has 4 aromatic rings. The summed E-state index contributed by atoms with van der Waals surface area (Å²) in [5.74, 6) is -4.97. The van der Waals surface area contributed by atoms with Crippen molar-refractivity contribution < 1.29 is 39.6 Å². The number of carboxylic acid groups (broad SMARTS) is 3. The predicted octanol–water partition coefficient (Wildman–Crippen LogP) is 3.71. The molecule has 0 fully saturated rings. The van der Waals surface area contributed by atoms with Gasteiger partial charge in [0.05, 0.1) is 24.7 Å². The van der Waals surface area contributed by atoms with E-state index in [0.717, 1.165) is 43.5 Å². The van der Waals surface area contributed by atoms with Crippen LogP contribution in [0, 0.1) is 6.92 Å². The second-order valence-corrected chi connectivity index (χ2v) is 11.3. The van der Waals surface area contributed by atoms with Gasteiger partial charge in [-0.3, -0.25) is 23.9 Å². The molecule has 0 saturated carbocycles. The highest BCUT2D eigenvalue weighted by atomic mass is 32.1. The lowest BCUT2D eigenvalue weighted by atomic mass is 9.96. The number of aryl methyl sites for hydroxylation is 2. The molecule has 0 spiro atoms. The van der Waals surface area contributed by atoms with Gasteiger partial charge in [-0.2, -0.15) is 0 Å². The lowest BCUT2D eigenvalue weighted by molar-refractivity contribution is -0.170. The zero-order valence-electron chi connectivity index (χ0n) is 23.3. The van der Waals surface area contributed by atoms with Crippen molar-refractivity contribution in [1.82, 2.24) is 19.0 Å². The molecule has 4 rings (SSSR count). The first kappa shape index (κ1) is 32.2. The molecule has 0 aliphatic heterocycles. The minimum atomic E-state index is -2.74. The lowest BCUT2D eigenvalue weighted by Crippen LogP contribution is -2.42. The topological polar surface area (TPSA) is 175 Å². The summed E-state index contributed by atoms with van der Waals surface area (Å²) < 4.78 is 3.89. The molecule has 0 unspecified atom stereocenters. The molecule has 0 amide bonds. The van der Waals surface area contributed by atoms with Gasteiger partial charge in [0.1, 0.15) is 0 Å². The van der Waals surface area contributed by atoms with Crippen molar-refractivity contribution in [2.75, 3.05) is 6.54 Å². The van der Waals surface area contributed by atoms with Crippen molar-refractivity contribution in [2.45, 2.75) is 58.3 Å². The highest BCUT2D eigenvalue weighted by molar-refractivity contribution is 7.11. The van der Waals surface area contributed by atoms with Gasteiger partial charge in [-0.05, 0) is 37.1 Å². The van der Waals surface area contributed by atoms with Crippen molar-refractivity contribution >= 4 is 46.1 Å². The highest BCUT2D eigenvalue weighted by Crippen LogP contribution is 2.25. The molecule has 0 radical (unpaired) electrons. The second kappa shape index (κ2) is 14.5. The zero-order chi connectivity index (χ0) is 30.9. The number of carboxylic acids is 3. The van der Waals surface area contributed by atoms with E-state index in [-0.39, 0.29) is 5.91 Å². The van der Waals surface area contributed by atoms with E-state index >= 15 is 0 Å². The molecule has 224 valence electrons. The van der Waals surface area contributed by atoms with Crippen LogP contribution >= 0.6 is 11.3 Å². The van der Waals surface area contributed by atoms with Crippen molar-refractivity contribution in [2.24, 2.45) is 0 Å². The maximum Gasteiger partial charge on any atom is 0.336 e. The summed E-state index contributed by atoms with van der Waals surface area (Å²) in [6.45, 7) is 7.44. The van der Waals surface area contributed by atoms with E-state index in [1.165, 1.54) is 15.3 Å². The summed E-state index contributed by atoms with van der Waals surface area (Å²) in [6, 6.07) is 12.6. The quantitative estimate of drug-likeness (QED) is 0.177. The van der Waals surface area contributed by atoms with Gasteiger partial charge in [-0.15, -0.1) is 11.3 Å². The van der Waals surface area contributed by atoms with Gasteiger partial charge in [-0.25, -0.2) is 9.78 Å². The minimum Gasteiger partial charge on any atom is -0.481 e. The monoisotopic (exact) mass is 598 g/mol. The molecule has 1 aromatic carbocycles. The van der Waals surface area contributed by atoms with E-state index in [0.29, 0.717) is 0 Å². The Morgan fingerprint density at radius 1 is 1.00 bits per heavy atom. The molecule has 3 heterocycles. The molecule has 4 N–H and O–H groups in total. The maximum absolute atomic E-state index is 12.1. The molecule has 42 heavy (non-hydrogen) atoms. The number of imidazole rings is 1. The minimum absolute atomic E-state index is 0.0491. The Bertz CT molecular complexity index is 1510. The number of carbonyl (C=O) groups excluding carboxylic acids is 1. The number of thiophene rings is 1. The standard InChI is InChI=1S/C23H26N4OS.C6H8O7/c1-18-8-9-21(29-18)16-26(12-5-11-25-13-10-24-17-25)14-20-15-27(19(2)28)23-7-4-3-6-22(20)23;7-3(8)1-6(13,5(11)12)2-4(9)10/h3-4,6-10,13,15,17H,5,11-12,14,16H2,1-2H3;13H,1-2H2,(H,7,8)(H,9,10)(H,11,12). The Hall–Kier alpha value is -4.33. The third kappa shape index (κ3) is 9.09. The van der Waals surface area contributed by atoms with Crippen molar-refractivity contribution in [3.8, 4) is 0 Å². The molecule has 12 nitrogen and oxygen atoms in total. The Kier molecular flexibility index (Phi) is 11.1. The molecular formula is C29H34N4O8S. The van der Waals surface area contributed by atoms with E-state index in [9.17, 15) is 19.2 Å². The Labute approximate surface area is 246 Å². The van der Waals surface area contributed by atoms with Gasteiger partial charge < -0.3 is 25.0 Å². The van der Waals surface area contributed by atoms with Gasteiger partial charge >= 0.3 is 17.9 Å². The van der Waals surface area contributed by atoms with Crippen LogP contribution in [0.2, 0.25) is 0 Å². The Morgan fingerprint density at radius 3 is 2.24 bits per heavy atom. The molecule has 0 bridgehead atoms. The van der Waals surface area contributed by atoms with Crippen LogP contribution in [0.5, 0.6) is 0 Å². The molecule has 0 atom stereocenters. The first-order chi connectivity index (χ1) is 19.9. The van der Waals surface area contributed by atoms with Gasteiger partial charge in [-0.1, -0.05) is 18.2 Å². The summed E-state index contributed by atoms with van der Waals surface area (Å²) in [7, 11) is 0. The number of hydrogen-bond donors (Lipinski definition) is 4. The lowest BCUT2D eigenvalue weighted by Gasteiger charge is -2.21. The summed E-state index contributed by atoms with van der Waals surface area (Å²) in [6.07, 6.45) is 6.47. The van der Waals surface area contributed by atoms with Gasteiger partial charge in [0.2, 0.25) is 5.91 Å². The number of carbonyl (C=O) groups is 4. The first-order valence-corrected chi connectivity index (χ1v) is 13.9. The van der Waals surface area contributed by atoms with Gasteiger partial charge in [0.15, 0.2) is 5.60 Å². The average Bonchev–Trinajstić information content (AvgIpc) is 3.64. The van der Waals surface area contributed by atoms with Crippen LogP contribution in [0.15, 0.2) is 61.3 Å². The number of aliphatic hydroxyl groups is 1. The number of aliphatic carboxylic acids is 3.